The van der Waals surface area contributed by atoms with Crippen LogP contribution in [-0.4, -0.2) is 76.7 Å². The van der Waals surface area contributed by atoms with Crippen molar-refractivity contribution in [3.05, 3.63) is 54.6 Å². The highest BCUT2D eigenvalue weighted by atomic mass is 79.9. The number of fused-ring (bicyclic) bond motifs is 1. The molecule has 8 nitrogen and oxygen atoms in total. The predicted octanol–water partition coefficient (Wildman–Crippen LogP) is 4.67. The van der Waals surface area contributed by atoms with E-state index < -0.39 is 35.6 Å². The molecule has 1 spiro atoms. The number of carbonyl (C=O) groups is 3. The van der Waals surface area contributed by atoms with Crippen molar-refractivity contribution in [2.45, 2.75) is 67.5 Å². The van der Waals surface area contributed by atoms with E-state index in [4.69, 9.17) is 21.1 Å². The number of unbranched alkanes of at least 4 members (excludes halogenated alkanes) is 4. The minimum absolute atomic E-state index is 0.0588. The van der Waals surface area contributed by atoms with Crippen LogP contribution in [0, 0.1) is 11.8 Å². The van der Waals surface area contributed by atoms with Gasteiger partial charge in [-0.1, -0.05) is 39.7 Å². The number of allylic oxidation sites excluding steroid dienone is 1. The first-order valence-corrected chi connectivity index (χ1v) is 15.3. The van der Waals surface area contributed by atoms with Crippen LogP contribution < -0.4 is 4.90 Å². The van der Waals surface area contributed by atoms with Gasteiger partial charge in [0.25, 0.3) is 5.91 Å². The number of alkyl halides is 1. The molecule has 6 atom stereocenters. The second-order valence-electron chi connectivity index (χ2n) is 10.6. The van der Waals surface area contributed by atoms with Crippen molar-refractivity contribution in [2.24, 2.45) is 11.8 Å². The zero-order valence-electron chi connectivity index (χ0n) is 22.7. The molecule has 2 bridgehead atoms. The summed E-state index contributed by atoms with van der Waals surface area (Å²) in [5.74, 6) is -2.62. The smallest absolute Gasteiger partial charge is 0.312 e. The molecule has 1 aromatic carbocycles. The summed E-state index contributed by atoms with van der Waals surface area (Å²) in [6, 6.07) is 6.01. The zero-order chi connectivity index (χ0) is 28.9. The number of ether oxygens (including phenoxy) is 2. The van der Waals surface area contributed by atoms with Gasteiger partial charge in [-0.3, -0.25) is 14.4 Å². The molecule has 218 valence electrons. The van der Waals surface area contributed by atoms with Crippen molar-refractivity contribution in [2.75, 3.05) is 31.2 Å². The first kappa shape index (κ1) is 30.8. The number of esters is 1. The van der Waals surface area contributed by atoms with Crippen LogP contribution in [0.25, 0.3) is 0 Å². The molecule has 10 heteroatoms. The molecule has 40 heavy (non-hydrogen) atoms. The lowest BCUT2D eigenvalue weighted by molar-refractivity contribution is -0.155. The summed E-state index contributed by atoms with van der Waals surface area (Å²) in [7, 11) is 0. The molecule has 0 radical (unpaired) electrons. The van der Waals surface area contributed by atoms with Crippen LogP contribution >= 0.6 is 27.5 Å². The van der Waals surface area contributed by atoms with E-state index >= 15 is 0 Å². The Morgan fingerprint density at radius 2 is 1.93 bits per heavy atom. The van der Waals surface area contributed by atoms with Gasteiger partial charge in [0.05, 0.1) is 24.5 Å². The van der Waals surface area contributed by atoms with Crippen LogP contribution in [0.4, 0.5) is 5.69 Å². The van der Waals surface area contributed by atoms with Crippen molar-refractivity contribution < 1.29 is 29.0 Å². The summed E-state index contributed by atoms with van der Waals surface area (Å²) in [6.07, 6.45) is 7.63. The molecule has 1 aromatic rings. The molecule has 3 aliphatic heterocycles. The Morgan fingerprint density at radius 3 is 2.60 bits per heavy atom. The third-order valence-corrected chi connectivity index (χ3v) is 9.21. The van der Waals surface area contributed by atoms with Gasteiger partial charge >= 0.3 is 5.97 Å². The van der Waals surface area contributed by atoms with E-state index in [1.165, 1.54) is 0 Å². The Kier molecular flexibility index (Phi) is 10.5. The fourth-order valence-electron chi connectivity index (χ4n) is 6.37. The minimum Gasteiger partial charge on any atom is -0.465 e. The number of aliphatic hydroxyl groups is 1. The molecule has 4 rings (SSSR count). The molecule has 3 heterocycles. The molecular weight excluding hydrogens is 600 g/mol. The number of benzene rings is 1. The third kappa shape index (κ3) is 5.89. The number of hydrogen-bond acceptors (Lipinski definition) is 6. The topological polar surface area (TPSA) is 96.4 Å². The Morgan fingerprint density at radius 1 is 1.18 bits per heavy atom. The van der Waals surface area contributed by atoms with Gasteiger partial charge in [-0.25, -0.2) is 0 Å². The van der Waals surface area contributed by atoms with Crippen LogP contribution in [0.1, 0.15) is 44.9 Å². The van der Waals surface area contributed by atoms with Crippen molar-refractivity contribution in [1.29, 1.82) is 0 Å². The normalized spacial score (nSPS) is 28.4. The number of aliphatic hydroxyl groups excluding tert-OH is 1. The van der Waals surface area contributed by atoms with Crippen LogP contribution in [0.15, 0.2) is 49.6 Å². The van der Waals surface area contributed by atoms with Crippen molar-refractivity contribution in [3.63, 3.8) is 0 Å². The summed E-state index contributed by atoms with van der Waals surface area (Å²) in [5, 5.41) is 9.79. The minimum atomic E-state index is -1.16. The van der Waals surface area contributed by atoms with Gasteiger partial charge in [0.2, 0.25) is 5.91 Å². The van der Waals surface area contributed by atoms with Gasteiger partial charge in [0.1, 0.15) is 11.6 Å². The summed E-state index contributed by atoms with van der Waals surface area (Å²) in [4.78, 5) is 44.9. The van der Waals surface area contributed by atoms with Crippen LogP contribution in [0.3, 0.4) is 0 Å². The lowest BCUT2D eigenvalue weighted by Gasteiger charge is -2.37. The Labute approximate surface area is 249 Å². The van der Waals surface area contributed by atoms with Gasteiger partial charge < -0.3 is 24.4 Å². The van der Waals surface area contributed by atoms with Crippen LogP contribution in [-0.2, 0) is 23.9 Å². The fraction of sp³-hybridized carbons (Fsp3) is 0.567. The standard InChI is InChI=1S/C30H38BrClN2O6/c1-3-5-6-10-18-39-29(38)23-24-27(36)34(16-8-7-9-17-35)26(30(24)19-22(31)25(23)40-30)28(37)33(15-4-2)21-13-11-20(32)12-14-21/h3-4,11-14,22-26,35H,1-2,5-10,15-19H2/t22?,23-,24-,25-,26?,30?/m0/s1. The summed E-state index contributed by atoms with van der Waals surface area (Å²) < 4.78 is 12.2. The number of nitrogens with zero attached hydrogens (tertiary/aromatic N) is 2. The molecule has 0 saturated carbocycles. The van der Waals surface area contributed by atoms with Gasteiger partial charge in [-0.05, 0) is 69.2 Å². The largest absolute Gasteiger partial charge is 0.465 e. The molecule has 0 aliphatic carbocycles. The van der Waals surface area contributed by atoms with Gasteiger partial charge in [0.15, 0.2) is 0 Å². The Hall–Kier alpha value is -2.20. The fourth-order valence-corrected chi connectivity index (χ4v) is 7.44. The molecule has 0 aromatic heterocycles. The van der Waals surface area contributed by atoms with Crippen LogP contribution in [0.5, 0.6) is 0 Å². The van der Waals surface area contributed by atoms with E-state index in [0.29, 0.717) is 49.4 Å². The van der Waals surface area contributed by atoms with E-state index in [9.17, 15) is 19.5 Å². The Bertz CT molecular complexity index is 1100. The molecule has 3 aliphatic rings. The maximum Gasteiger partial charge on any atom is 0.312 e. The molecule has 3 fully saturated rings. The maximum atomic E-state index is 14.4. The second kappa shape index (κ2) is 13.6. The number of amides is 2. The molecule has 1 N–H and O–H groups in total. The molecule has 3 saturated heterocycles. The van der Waals surface area contributed by atoms with Gasteiger partial charge in [-0.15, -0.1) is 13.2 Å². The van der Waals surface area contributed by atoms with Gasteiger partial charge in [0, 0.05) is 35.2 Å². The van der Waals surface area contributed by atoms with Gasteiger partial charge in [-0.2, -0.15) is 0 Å². The molecule has 2 amide bonds. The number of anilines is 1. The third-order valence-electron chi connectivity index (χ3n) is 8.12. The highest BCUT2D eigenvalue weighted by Gasteiger charge is 2.77. The van der Waals surface area contributed by atoms with E-state index in [1.54, 1.807) is 40.1 Å². The molecule has 3 unspecified atom stereocenters. The SMILES string of the molecule is C=CCCCCOC(=O)[C@H]1[C@H]2C(=O)N(CCCCCO)C(C(=O)N(CC=C)c3ccc(Cl)cc3)C23CC(Br)[C@@H]1O3. The number of carbonyl (C=O) groups excluding carboxylic acids is 3. The number of halogens is 2. The predicted molar refractivity (Wildman–Crippen MR) is 157 cm³/mol. The first-order valence-electron chi connectivity index (χ1n) is 14.0. The zero-order valence-corrected chi connectivity index (χ0v) is 25.0. The lowest BCUT2D eigenvalue weighted by atomic mass is 9.70. The van der Waals surface area contributed by atoms with Crippen LogP contribution in [0.2, 0.25) is 5.02 Å². The summed E-state index contributed by atoms with van der Waals surface area (Å²) in [6.45, 7) is 8.41. The second-order valence-corrected chi connectivity index (χ2v) is 12.3. The van der Waals surface area contributed by atoms with E-state index in [1.807, 2.05) is 6.08 Å². The number of hydrogen-bond donors (Lipinski definition) is 1. The molecular formula is C30H38BrClN2O6. The van der Waals surface area contributed by atoms with E-state index in [2.05, 4.69) is 29.1 Å². The highest BCUT2D eigenvalue weighted by Crippen LogP contribution is 2.60. The average molecular weight is 638 g/mol. The van der Waals surface area contributed by atoms with E-state index in [0.717, 1.165) is 12.8 Å². The van der Waals surface area contributed by atoms with E-state index in [-0.39, 0.29) is 36.4 Å². The van der Waals surface area contributed by atoms with Crippen molar-refractivity contribution in [1.82, 2.24) is 4.90 Å². The maximum absolute atomic E-state index is 14.4. The van der Waals surface area contributed by atoms with Crippen molar-refractivity contribution >= 4 is 51.0 Å². The average Bonchev–Trinajstić information content (AvgIpc) is 3.53. The first-order chi connectivity index (χ1) is 19.3. The van der Waals surface area contributed by atoms with Crippen molar-refractivity contribution in [3.8, 4) is 0 Å². The lowest BCUT2D eigenvalue weighted by Crippen LogP contribution is -2.57. The summed E-state index contributed by atoms with van der Waals surface area (Å²) in [5.41, 5.74) is -0.539. The highest BCUT2D eigenvalue weighted by molar-refractivity contribution is 9.09. The summed E-state index contributed by atoms with van der Waals surface area (Å²) >= 11 is 9.79. The quantitative estimate of drug-likeness (QED) is 0.130. The number of likely N-dealkylation sites (tertiary alicyclic amines) is 1. The Balaban J connectivity index is 1.67. The number of rotatable bonds is 15. The monoisotopic (exact) mass is 636 g/mol.